The molecule has 36 heavy (non-hydrogen) atoms. The number of nitrogens with zero attached hydrogens (tertiary/aromatic N) is 2. The first-order chi connectivity index (χ1) is 17.1. The number of anilines is 2. The Kier molecular flexibility index (Phi) is 6.34. The fraction of sp³-hybridized carbons (Fsp3) is 0.400. The van der Waals surface area contributed by atoms with Gasteiger partial charge in [-0.15, -0.1) is 0 Å². The Labute approximate surface area is 210 Å². The number of amides is 1. The van der Waals surface area contributed by atoms with Crippen LogP contribution in [-0.2, 0) is 7.05 Å². The van der Waals surface area contributed by atoms with E-state index in [1.54, 1.807) is 17.9 Å². The van der Waals surface area contributed by atoms with Crippen LogP contribution in [0, 0.1) is 23.5 Å². The third-order valence-electron chi connectivity index (χ3n) is 7.34. The molecule has 0 spiro atoms. The second-order valence-corrected chi connectivity index (χ2v) is 10.3. The zero-order chi connectivity index (χ0) is 25.6. The normalized spacial score (nSPS) is 25.1. The summed E-state index contributed by atoms with van der Waals surface area (Å²) in [4.78, 5) is 31.8. The summed E-state index contributed by atoms with van der Waals surface area (Å²) >= 11 is 5.84. The number of halogens is 3. The molecule has 2 aliphatic carbocycles. The van der Waals surface area contributed by atoms with Crippen molar-refractivity contribution in [1.29, 1.82) is 0 Å². The van der Waals surface area contributed by atoms with Gasteiger partial charge in [0.15, 0.2) is 5.82 Å². The summed E-state index contributed by atoms with van der Waals surface area (Å²) in [5.74, 6) is -0.801. The van der Waals surface area contributed by atoms with Crippen LogP contribution in [0.3, 0.4) is 0 Å². The fourth-order valence-corrected chi connectivity index (χ4v) is 5.92. The number of fused-ring (bicyclic) bond motifs is 1. The number of H-pyrrole nitrogens is 1. The number of carbonyl (C=O) groups excluding carboxylic acids is 1. The number of aryl methyl sites for hydroxylation is 1. The molecule has 2 unspecified atom stereocenters. The largest absolute Gasteiger partial charge is 0.388 e. The molecule has 4 N–H and O–H groups in total. The van der Waals surface area contributed by atoms with Crippen LogP contribution in [-0.4, -0.2) is 37.7 Å². The SMILES string of the molecule is Cn1cnc(C2CC3CC(O)(CNc4cc(=O)c(F)c[nH]4)CC3C2)c1C(=O)Nc1ccc(F)c(Cl)c1. The van der Waals surface area contributed by atoms with Crippen LogP contribution in [0.15, 0.2) is 41.6 Å². The third-order valence-corrected chi connectivity index (χ3v) is 7.63. The van der Waals surface area contributed by atoms with Crippen molar-refractivity contribution in [3.05, 3.63) is 75.1 Å². The number of hydrogen-bond donors (Lipinski definition) is 4. The maximum atomic E-state index is 13.5. The smallest absolute Gasteiger partial charge is 0.274 e. The molecule has 5 rings (SSSR count). The van der Waals surface area contributed by atoms with E-state index in [-0.39, 0.29) is 35.2 Å². The first-order valence-corrected chi connectivity index (χ1v) is 12.1. The topological polar surface area (TPSA) is 112 Å². The second kappa shape index (κ2) is 9.33. The van der Waals surface area contributed by atoms with E-state index in [0.717, 1.165) is 25.1 Å². The molecule has 3 aromatic rings. The molecule has 8 nitrogen and oxygen atoms in total. The average molecular weight is 518 g/mol. The second-order valence-electron chi connectivity index (χ2n) is 9.91. The molecule has 0 aliphatic heterocycles. The predicted molar refractivity (Wildman–Crippen MR) is 131 cm³/mol. The summed E-state index contributed by atoms with van der Waals surface area (Å²) < 4.78 is 28.3. The van der Waals surface area contributed by atoms with E-state index in [2.05, 4.69) is 20.6 Å². The summed E-state index contributed by atoms with van der Waals surface area (Å²) in [7, 11) is 1.75. The van der Waals surface area contributed by atoms with Gasteiger partial charge in [0.1, 0.15) is 17.3 Å². The van der Waals surface area contributed by atoms with Crippen LogP contribution >= 0.6 is 11.6 Å². The third kappa shape index (κ3) is 4.75. The van der Waals surface area contributed by atoms with Crippen molar-refractivity contribution in [1.82, 2.24) is 14.5 Å². The van der Waals surface area contributed by atoms with Gasteiger partial charge < -0.3 is 25.3 Å². The summed E-state index contributed by atoms with van der Waals surface area (Å²) in [5, 5.41) is 16.9. The number of aromatic nitrogens is 3. The minimum atomic E-state index is -0.947. The highest BCUT2D eigenvalue weighted by molar-refractivity contribution is 6.31. The van der Waals surface area contributed by atoms with Crippen LogP contribution in [0.5, 0.6) is 0 Å². The standard InChI is InChI=1S/C25H26ClF2N5O3/c1-33-12-31-22(23(33)24(35)32-16-2-3-18(27)17(26)6-16)13-4-14-8-25(36,9-15(14)5-13)11-30-21-7-20(34)19(28)10-29-21/h2-3,6-7,10,12-15,36H,4-5,8-9,11H2,1H3,(H,32,35)(H2,29,30,34). The minimum absolute atomic E-state index is 0.0738. The van der Waals surface area contributed by atoms with E-state index < -0.39 is 22.7 Å². The summed E-state index contributed by atoms with van der Waals surface area (Å²) in [6, 6.07) is 5.15. The Balaban J connectivity index is 1.24. The highest BCUT2D eigenvalue weighted by Gasteiger charge is 2.49. The lowest BCUT2D eigenvalue weighted by Gasteiger charge is -2.25. The van der Waals surface area contributed by atoms with Gasteiger partial charge in [0.2, 0.25) is 5.43 Å². The van der Waals surface area contributed by atoms with Gasteiger partial charge in [-0.3, -0.25) is 9.59 Å². The lowest BCUT2D eigenvalue weighted by Crippen LogP contribution is -2.35. The van der Waals surface area contributed by atoms with Crippen LogP contribution in [0.25, 0.3) is 0 Å². The molecule has 2 fully saturated rings. The number of hydrogen-bond acceptors (Lipinski definition) is 5. The number of benzene rings is 1. The van der Waals surface area contributed by atoms with Gasteiger partial charge in [-0.1, -0.05) is 11.6 Å². The van der Waals surface area contributed by atoms with E-state index in [9.17, 15) is 23.5 Å². The molecule has 2 atom stereocenters. The molecule has 0 saturated heterocycles. The van der Waals surface area contributed by atoms with E-state index in [1.165, 1.54) is 18.2 Å². The number of rotatable bonds is 6. The zero-order valence-electron chi connectivity index (χ0n) is 19.5. The maximum Gasteiger partial charge on any atom is 0.274 e. The zero-order valence-corrected chi connectivity index (χ0v) is 20.3. The molecular weight excluding hydrogens is 492 g/mol. The number of carbonyl (C=O) groups is 1. The summed E-state index contributed by atoms with van der Waals surface area (Å²) in [6.07, 6.45) is 5.35. The number of aliphatic hydroxyl groups is 1. The molecular formula is C25H26ClF2N5O3. The predicted octanol–water partition coefficient (Wildman–Crippen LogP) is 4.04. The van der Waals surface area contributed by atoms with Gasteiger partial charge in [0.25, 0.3) is 5.91 Å². The van der Waals surface area contributed by atoms with E-state index in [1.807, 2.05) is 0 Å². The molecule has 1 amide bonds. The van der Waals surface area contributed by atoms with E-state index >= 15 is 0 Å². The molecule has 2 heterocycles. The molecule has 0 radical (unpaired) electrons. The Morgan fingerprint density at radius 3 is 2.64 bits per heavy atom. The lowest BCUT2D eigenvalue weighted by atomic mass is 9.92. The first-order valence-electron chi connectivity index (χ1n) is 11.7. The number of nitrogens with one attached hydrogen (secondary N) is 3. The van der Waals surface area contributed by atoms with E-state index in [0.29, 0.717) is 35.7 Å². The van der Waals surface area contributed by atoms with Gasteiger partial charge in [0.05, 0.1) is 22.6 Å². The van der Waals surface area contributed by atoms with Crippen LogP contribution in [0.2, 0.25) is 5.02 Å². The van der Waals surface area contributed by atoms with Gasteiger partial charge in [0, 0.05) is 37.5 Å². The Hall–Kier alpha value is -3.24. The first kappa shape index (κ1) is 24.5. The van der Waals surface area contributed by atoms with Crippen molar-refractivity contribution < 1.29 is 18.7 Å². The quantitative estimate of drug-likeness (QED) is 0.394. The maximum absolute atomic E-state index is 13.5. The Bertz CT molecular complexity index is 1360. The summed E-state index contributed by atoms with van der Waals surface area (Å²) in [6.45, 7) is 0.240. The van der Waals surface area contributed by atoms with Crippen LogP contribution in [0.1, 0.15) is 47.8 Å². The fourth-order valence-electron chi connectivity index (χ4n) is 5.74. The molecule has 190 valence electrons. The number of pyridine rings is 1. The molecule has 2 aromatic heterocycles. The monoisotopic (exact) mass is 517 g/mol. The average Bonchev–Trinajstić information content (AvgIpc) is 3.48. The van der Waals surface area contributed by atoms with Crippen molar-refractivity contribution in [3.63, 3.8) is 0 Å². The molecule has 11 heteroatoms. The Morgan fingerprint density at radius 2 is 1.97 bits per heavy atom. The van der Waals surface area contributed by atoms with Crippen molar-refractivity contribution in [2.75, 3.05) is 17.2 Å². The highest BCUT2D eigenvalue weighted by atomic mass is 35.5. The highest BCUT2D eigenvalue weighted by Crippen LogP contribution is 2.54. The van der Waals surface area contributed by atoms with Crippen molar-refractivity contribution in [2.24, 2.45) is 18.9 Å². The van der Waals surface area contributed by atoms with Gasteiger partial charge in [-0.25, -0.2) is 13.8 Å². The van der Waals surface area contributed by atoms with E-state index in [4.69, 9.17) is 11.6 Å². The van der Waals surface area contributed by atoms with Gasteiger partial charge in [-0.2, -0.15) is 0 Å². The number of aromatic amines is 1. The van der Waals surface area contributed by atoms with Crippen LogP contribution < -0.4 is 16.1 Å². The van der Waals surface area contributed by atoms with Crippen LogP contribution in [0.4, 0.5) is 20.3 Å². The number of imidazole rings is 1. The van der Waals surface area contributed by atoms with Gasteiger partial charge >= 0.3 is 0 Å². The molecule has 2 saturated carbocycles. The van der Waals surface area contributed by atoms with Gasteiger partial charge in [-0.05, 0) is 55.7 Å². The van der Waals surface area contributed by atoms with Crippen molar-refractivity contribution >= 4 is 29.0 Å². The molecule has 1 aromatic carbocycles. The van der Waals surface area contributed by atoms with Crippen molar-refractivity contribution in [2.45, 2.75) is 37.2 Å². The molecule has 2 aliphatic rings. The molecule has 0 bridgehead atoms. The van der Waals surface area contributed by atoms with Crippen molar-refractivity contribution in [3.8, 4) is 0 Å². The Morgan fingerprint density at radius 1 is 1.25 bits per heavy atom. The minimum Gasteiger partial charge on any atom is -0.388 e. The lowest BCUT2D eigenvalue weighted by molar-refractivity contribution is 0.0514. The summed E-state index contributed by atoms with van der Waals surface area (Å²) in [5.41, 5.74) is -0.118.